The highest BCUT2D eigenvalue weighted by molar-refractivity contribution is 6.34. The third-order valence-electron chi connectivity index (χ3n) is 3.29. The third-order valence-corrected chi connectivity index (χ3v) is 3.61. The first-order chi connectivity index (χ1) is 11.8. The first-order valence-electron chi connectivity index (χ1n) is 6.96. The molecule has 2 rings (SSSR count). The fourth-order valence-electron chi connectivity index (χ4n) is 2.02. The van der Waals surface area contributed by atoms with E-state index in [2.05, 4.69) is 10.1 Å². The lowest BCUT2D eigenvalue weighted by molar-refractivity contribution is -0.384. The maximum absolute atomic E-state index is 12.3. The Labute approximate surface area is 147 Å². The number of carbonyl (C=O) groups is 2. The number of ether oxygens (including phenoxy) is 1. The van der Waals surface area contributed by atoms with Gasteiger partial charge in [0.25, 0.3) is 11.6 Å². The first-order valence-corrected chi connectivity index (χ1v) is 7.33. The van der Waals surface area contributed by atoms with E-state index in [9.17, 15) is 24.8 Å². The summed E-state index contributed by atoms with van der Waals surface area (Å²) in [6.07, 6.45) is -0.0298. The van der Waals surface area contributed by atoms with Crippen molar-refractivity contribution in [2.75, 3.05) is 12.4 Å². The quantitative estimate of drug-likeness (QED) is 0.364. The maximum Gasteiger partial charge on any atom is 0.309 e. The molecule has 0 bridgehead atoms. The van der Waals surface area contributed by atoms with Crippen LogP contribution in [0.3, 0.4) is 0 Å². The molecule has 0 heterocycles. The molecule has 0 aliphatic carbocycles. The molecule has 0 spiro atoms. The SMILES string of the molecule is COC(=O)Cc1ccc(O)c(NC(=O)c2ccc([N+](=O)[O-])cc2Cl)c1. The van der Waals surface area contributed by atoms with Gasteiger partial charge in [-0.2, -0.15) is 0 Å². The molecule has 25 heavy (non-hydrogen) atoms. The number of esters is 1. The molecular weight excluding hydrogens is 352 g/mol. The highest BCUT2D eigenvalue weighted by Crippen LogP contribution is 2.27. The van der Waals surface area contributed by atoms with Crippen molar-refractivity contribution in [3.05, 3.63) is 62.7 Å². The number of hydrogen-bond acceptors (Lipinski definition) is 6. The van der Waals surface area contributed by atoms with Crippen LogP contribution in [-0.2, 0) is 16.0 Å². The van der Waals surface area contributed by atoms with Crippen LogP contribution in [0.5, 0.6) is 5.75 Å². The van der Waals surface area contributed by atoms with Crippen LogP contribution in [0, 0.1) is 10.1 Å². The topological polar surface area (TPSA) is 119 Å². The molecule has 0 aromatic heterocycles. The Hall–Kier alpha value is -3.13. The van der Waals surface area contributed by atoms with Gasteiger partial charge in [0.2, 0.25) is 0 Å². The Morgan fingerprint density at radius 1 is 1.28 bits per heavy atom. The zero-order valence-corrected chi connectivity index (χ0v) is 13.7. The number of nitrogens with zero attached hydrogens (tertiary/aromatic N) is 1. The minimum Gasteiger partial charge on any atom is -0.506 e. The van der Waals surface area contributed by atoms with Crippen LogP contribution >= 0.6 is 11.6 Å². The molecule has 1 amide bonds. The second kappa shape index (κ2) is 7.63. The zero-order chi connectivity index (χ0) is 18.6. The van der Waals surface area contributed by atoms with Gasteiger partial charge in [0.15, 0.2) is 0 Å². The highest BCUT2D eigenvalue weighted by Gasteiger charge is 2.16. The number of phenolic OH excluding ortho intramolecular Hbond substituents is 1. The molecule has 0 radical (unpaired) electrons. The van der Waals surface area contributed by atoms with Gasteiger partial charge >= 0.3 is 5.97 Å². The van der Waals surface area contributed by atoms with E-state index in [0.717, 1.165) is 12.1 Å². The highest BCUT2D eigenvalue weighted by atomic mass is 35.5. The van der Waals surface area contributed by atoms with Crippen molar-refractivity contribution in [2.45, 2.75) is 6.42 Å². The summed E-state index contributed by atoms with van der Waals surface area (Å²) in [5.41, 5.74) is 0.352. The summed E-state index contributed by atoms with van der Waals surface area (Å²) in [6.45, 7) is 0. The number of nitro groups is 1. The van der Waals surface area contributed by atoms with E-state index in [1.54, 1.807) is 0 Å². The minimum atomic E-state index is -0.662. The Balaban J connectivity index is 2.24. The third kappa shape index (κ3) is 4.45. The van der Waals surface area contributed by atoms with Gasteiger partial charge in [0.05, 0.1) is 34.7 Å². The van der Waals surface area contributed by atoms with E-state index in [-0.39, 0.29) is 34.1 Å². The molecule has 0 atom stereocenters. The van der Waals surface area contributed by atoms with Gasteiger partial charge in [-0.25, -0.2) is 0 Å². The molecule has 0 fully saturated rings. The number of benzene rings is 2. The second-order valence-corrected chi connectivity index (χ2v) is 5.39. The lowest BCUT2D eigenvalue weighted by Crippen LogP contribution is -2.13. The number of amides is 1. The number of nitro benzene ring substituents is 1. The van der Waals surface area contributed by atoms with Gasteiger partial charge in [-0.15, -0.1) is 0 Å². The Morgan fingerprint density at radius 3 is 2.60 bits per heavy atom. The fraction of sp³-hybridized carbons (Fsp3) is 0.125. The summed E-state index contributed by atoms with van der Waals surface area (Å²) in [5.74, 6) is -1.34. The van der Waals surface area contributed by atoms with Gasteiger partial charge in [0.1, 0.15) is 5.75 Å². The van der Waals surface area contributed by atoms with E-state index in [1.807, 2.05) is 0 Å². The van der Waals surface area contributed by atoms with Crippen LogP contribution in [0.1, 0.15) is 15.9 Å². The maximum atomic E-state index is 12.3. The molecule has 0 unspecified atom stereocenters. The molecule has 130 valence electrons. The number of rotatable bonds is 5. The van der Waals surface area contributed by atoms with Crippen LogP contribution in [-0.4, -0.2) is 29.0 Å². The lowest BCUT2D eigenvalue weighted by atomic mass is 10.1. The Kier molecular flexibility index (Phi) is 5.56. The number of nitrogens with one attached hydrogen (secondary N) is 1. The van der Waals surface area contributed by atoms with Crippen molar-refractivity contribution in [1.82, 2.24) is 0 Å². The molecule has 0 saturated heterocycles. The number of non-ortho nitro benzene ring substituents is 1. The number of phenols is 1. The van der Waals surface area contributed by atoms with E-state index < -0.39 is 16.8 Å². The average molecular weight is 365 g/mol. The average Bonchev–Trinajstić information content (AvgIpc) is 2.57. The fourth-order valence-corrected chi connectivity index (χ4v) is 2.28. The van der Waals surface area contributed by atoms with E-state index >= 15 is 0 Å². The molecule has 8 nitrogen and oxygen atoms in total. The Bertz CT molecular complexity index is 853. The lowest BCUT2D eigenvalue weighted by Gasteiger charge is -2.10. The summed E-state index contributed by atoms with van der Waals surface area (Å²) in [4.78, 5) is 33.7. The van der Waals surface area contributed by atoms with Crippen molar-refractivity contribution in [3.8, 4) is 5.75 Å². The van der Waals surface area contributed by atoms with Crippen LogP contribution in [0.4, 0.5) is 11.4 Å². The van der Waals surface area contributed by atoms with Crippen molar-refractivity contribution in [2.24, 2.45) is 0 Å². The standard InChI is InChI=1S/C16H13ClN2O6/c1-25-15(21)7-9-2-5-14(20)13(6-9)18-16(22)11-4-3-10(19(23)24)8-12(11)17/h2-6,8,20H,7H2,1H3,(H,18,22). The van der Waals surface area contributed by atoms with Gasteiger partial charge < -0.3 is 15.2 Å². The largest absolute Gasteiger partial charge is 0.506 e. The number of hydrogen-bond donors (Lipinski definition) is 2. The van der Waals surface area contributed by atoms with Crippen LogP contribution < -0.4 is 5.32 Å². The van der Waals surface area contributed by atoms with Crippen LogP contribution in [0.2, 0.25) is 5.02 Å². The van der Waals surface area contributed by atoms with Crippen molar-refractivity contribution >= 4 is 34.9 Å². The number of halogens is 1. The molecule has 0 aliphatic heterocycles. The van der Waals surface area contributed by atoms with E-state index in [1.165, 1.54) is 31.4 Å². The number of aromatic hydroxyl groups is 1. The van der Waals surface area contributed by atoms with Gasteiger partial charge in [-0.1, -0.05) is 17.7 Å². The van der Waals surface area contributed by atoms with E-state index in [4.69, 9.17) is 11.6 Å². The summed E-state index contributed by atoms with van der Waals surface area (Å²) in [5, 5.41) is 22.9. The van der Waals surface area contributed by atoms with Crippen LogP contribution in [0.25, 0.3) is 0 Å². The predicted octanol–water partition coefficient (Wildman–Crippen LogP) is 2.92. The summed E-state index contributed by atoms with van der Waals surface area (Å²) >= 11 is 5.90. The van der Waals surface area contributed by atoms with E-state index in [0.29, 0.717) is 5.56 Å². The predicted molar refractivity (Wildman–Crippen MR) is 89.9 cm³/mol. The number of carbonyl (C=O) groups excluding carboxylic acids is 2. The normalized spacial score (nSPS) is 10.2. The summed E-state index contributed by atoms with van der Waals surface area (Å²) < 4.78 is 4.56. The molecule has 0 aliphatic rings. The second-order valence-electron chi connectivity index (χ2n) is 4.98. The van der Waals surface area contributed by atoms with Crippen molar-refractivity contribution in [3.63, 3.8) is 0 Å². The summed E-state index contributed by atoms with van der Waals surface area (Å²) in [7, 11) is 1.25. The van der Waals surface area contributed by atoms with Gasteiger partial charge in [0, 0.05) is 12.1 Å². The monoisotopic (exact) mass is 364 g/mol. The number of methoxy groups -OCH3 is 1. The van der Waals surface area contributed by atoms with Gasteiger partial charge in [-0.05, 0) is 23.8 Å². The smallest absolute Gasteiger partial charge is 0.309 e. The Morgan fingerprint density at radius 2 is 2.00 bits per heavy atom. The number of anilines is 1. The molecule has 2 aromatic rings. The molecule has 2 aromatic carbocycles. The zero-order valence-electron chi connectivity index (χ0n) is 13.0. The van der Waals surface area contributed by atoms with Crippen molar-refractivity contribution in [1.29, 1.82) is 0 Å². The first kappa shape index (κ1) is 18.2. The molecule has 0 saturated carbocycles. The molecular formula is C16H13ClN2O6. The summed E-state index contributed by atoms with van der Waals surface area (Å²) in [6, 6.07) is 7.68. The van der Waals surface area contributed by atoms with Crippen molar-refractivity contribution < 1.29 is 24.4 Å². The molecule has 9 heteroatoms. The van der Waals surface area contributed by atoms with Gasteiger partial charge in [-0.3, -0.25) is 19.7 Å². The molecule has 2 N–H and O–H groups in total. The minimum absolute atomic E-state index is 0.00466. The van der Waals surface area contributed by atoms with Crippen LogP contribution in [0.15, 0.2) is 36.4 Å².